The van der Waals surface area contributed by atoms with Crippen molar-refractivity contribution in [3.05, 3.63) is 234 Å². The van der Waals surface area contributed by atoms with Crippen LogP contribution in [0.15, 0.2) is 206 Å². The summed E-state index contributed by atoms with van der Waals surface area (Å²) in [5.74, 6) is 0. The average molecular weight is 1030 g/mol. The number of para-hydroxylation sites is 2. The summed E-state index contributed by atoms with van der Waals surface area (Å²) in [6.07, 6.45) is -14.7. The van der Waals surface area contributed by atoms with Crippen LogP contribution in [0.2, 0.25) is 0 Å². The minimum atomic E-state index is -5.12. The summed E-state index contributed by atoms with van der Waals surface area (Å²) in [7, 11) is 0. The zero-order chi connectivity index (χ0) is 53.5. The molecule has 0 atom stereocenters. The topological polar surface area (TPSA) is 46.5 Å². The maximum Gasteiger partial charge on any atom is 0.417 e. The first-order chi connectivity index (χ1) is 36.9. The zero-order valence-corrected chi connectivity index (χ0v) is 40.3. The van der Waals surface area contributed by atoms with E-state index in [1.165, 1.54) is 18.2 Å². The monoisotopic (exact) mass is 1030 g/mol. The molecule has 12 aromatic rings. The van der Waals surface area contributed by atoms with Crippen molar-refractivity contribution in [2.24, 2.45) is 0 Å². The third-order valence-corrected chi connectivity index (χ3v) is 14.2. The SMILES string of the molecule is Cc1cc(C(F)(F)F)ccc1-c1ccc2c(c1)c1ccccc1n2-c1cc(-c2cc(-c3ccccc3)nc(-c3ccccc3)c2)cc(-n2c3ccccc3c3cc(-c4ccc(C(F)(F)F)cc4C(F)(F)F)ccc32)c1C#N. The smallest absolute Gasteiger partial charge is 0.308 e. The van der Waals surface area contributed by atoms with Gasteiger partial charge in [-0.05, 0) is 131 Å². The molecule has 77 heavy (non-hydrogen) atoms. The summed E-state index contributed by atoms with van der Waals surface area (Å²) >= 11 is 0. The number of aryl methyl sites for hydroxylation is 1. The number of benzene rings is 9. The number of aromatic nitrogens is 3. The zero-order valence-electron chi connectivity index (χ0n) is 40.3. The van der Waals surface area contributed by atoms with Gasteiger partial charge in [-0.1, -0.05) is 121 Å². The molecule has 0 aliphatic rings. The van der Waals surface area contributed by atoms with Crippen molar-refractivity contribution in [3.63, 3.8) is 0 Å². The number of pyridine rings is 1. The van der Waals surface area contributed by atoms with Gasteiger partial charge in [0.25, 0.3) is 0 Å². The van der Waals surface area contributed by atoms with E-state index in [-0.39, 0.29) is 17.2 Å². The van der Waals surface area contributed by atoms with E-state index in [1.54, 1.807) is 31.2 Å². The minimum absolute atomic E-state index is 0.0335. The van der Waals surface area contributed by atoms with E-state index in [0.29, 0.717) is 78.4 Å². The predicted octanol–water partition coefficient (Wildman–Crippen LogP) is 18.8. The van der Waals surface area contributed by atoms with Crippen LogP contribution in [0, 0.1) is 18.3 Å². The molecule has 0 fully saturated rings. The number of alkyl halides is 9. The third kappa shape index (κ3) is 8.52. The number of nitrogens with zero attached hydrogens (tertiary/aromatic N) is 4. The van der Waals surface area contributed by atoms with Crippen molar-refractivity contribution in [2.45, 2.75) is 25.5 Å². The number of hydrogen-bond donors (Lipinski definition) is 0. The van der Waals surface area contributed by atoms with Crippen LogP contribution in [0.25, 0.3) is 111 Å². The Morgan fingerprint density at radius 1 is 0.377 bits per heavy atom. The highest BCUT2D eigenvalue weighted by Crippen LogP contribution is 2.46. The summed E-state index contributed by atoms with van der Waals surface area (Å²) in [4.78, 5) is 5.12. The normalized spacial score (nSPS) is 12.3. The molecule has 0 unspecified atom stereocenters. The van der Waals surface area contributed by atoms with Crippen molar-refractivity contribution in [3.8, 4) is 73.3 Å². The summed E-state index contributed by atoms with van der Waals surface area (Å²) in [6.45, 7) is 1.64. The molecular formula is C64H37F9N4. The third-order valence-electron chi connectivity index (χ3n) is 14.2. The van der Waals surface area contributed by atoms with Gasteiger partial charge in [-0.2, -0.15) is 44.8 Å². The Labute approximate surface area is 433 Å². The van der Waals surface area contributed by atoms with Gasteiger partial charge >= 0.3 is 18.5 Å². The van der Waals surface area contributed by atoms with E-state index < -0.39 is 40.8 Å². The average Bonchev–Trinajstić information content (AvgIpc) is 4.17. The highest BCUT2D eigenvalue weighted by molar-refractivity contribution is 6.12. The Bertz CT molecular complexity index is 4310. The van der Waals surface area contributed by atoms with Crippen LogP contribution in [0.5, 0.6) is 0 Å². The fourth-order valence-electron chi connectivity index (χ4n) is 10.6. The van der Waals surface area contributed by atoms with Crippen LogP contribution in [0.4, 0.5) is 39.5 Å². The Kier molecular flexibility index (Phi) is 11.4. The molecule has 0 spiro atoms. The molecule has 0 aliphatic carbocycles. The molecule has 3 aromatic heterocycles. The second-order valence-corrected chi connectivity index (χ2v) is 18.8. The van der Waals surface area contributed by atoms with Crippen LogP contribution in [-0.2, 0) is 18.5 Å². The Balaban J connectivity index is 1.15. The van der Waals surface area contributed by atoms with Crippen molar-refractivity contribution < 1.29 is 39.5 Å². The van der Waals surface area contributed by atoms with Gasteiger partial charge in [-0.15, -0.1) is 0 Å². The minimum Gasteiger partial charge on any atom is -0.308 e. The predicted molar refractivity (Wildman–Crippen MR) is 285 cm³/mol. The lowest BCUT2D eigenvalue weighted by molar-refractivity contribution is -0.143. The lowest BCUT2D eigenvalue weighted by atomic mass is 9.95. The number of hydrogen-bond acceptors (Lipinski definition) is 2. The molecule has 13 heteroatoms. The van der Waals surface area contributed by atoms with E-state index in [9.17, 15) is 44.8 Å². The van der Waals surface area contributed by atoms with Crippen molar-refractivity contribution in [1.29, 1.82) is 5.26 Å². The first-order valence-electron chi connectivity index (χ1n) is 24.2. The van der Waals surface area contributed by atoms with E-state index >= 15 is 0 Å². The van der Waals surface area contributed by atoms with Gasteiger partial charge in [0.1, 0.15) is 11.6 Å². The van der Waals surface area contributed by atoms with Gasteiger partial charge in [-0.25, -0.2) is 4.98 Å². The largest absolute Gasteiger partial charge is 0.417 e. The fourth-order valence-corrected chi connectivity index (χ4v) is 10.6. The van der Waals surface area contributed by atoms with E-state index in [0.717, 1.165) is 51.2 Å². The van der Waals surface area contributed by atoms with Crippen molar-refractivity contribution >= 4 is 43.6 Å². The summed E-state index contributed by atoms with van der Waals surface area (Å²) in [5, 5.41) is 14.3. The highest BCUT2D eigenvalue weighted by atomic mass is 19.4. The van der Waals surface area contributed by atoms with Gasteiger partial charge < -0.3 is 9.13 Å². The fraction of sp³-hybridized carbons (Fsp3) is 0.0625. The number of nitriles is 1. The number of halogens is 9. The second-order valence-electron chi connectivity index (χ2n) is 18.8. The summed E-state index contributed by atoms with van der Waals surface area (Å²) in [6, 6.07) is 60.1. The van der Waals surface area contributed by atoms with Gasteiger partial charge in [-0.3, -0.25) is 0 Å². The van der Waals surface area contributed by atoms with Gasteiger partial charge in [0.15, 0.2) is 0 Å². The molecule has 0 aliphatic heterocycles. The van der Waals surface area contributed by atoms with Crippen LogP contribution in [-0.4, -0.2) is 14.1 Å². The highest BCUT2D eigenvalue weighted by Gasteiger charge is 2.39. The van der Waals surface area contributed by atoms with Crippen molar-refractivity contribution in [2.75, 3.05) is 0 Å². The van der Waals surface area contributed by atoms with Gasteiger partial charge in [0, 0.05) is 32.7 Å². The standard InChI is InChI=1S/C64H37F9N4/c1-37-28-44(62(65,66)67)22-24-46(37)40-20-26-58-50(29-40)48-16-8-10-18-56(48)76(58)60-33-43(42-31-54(38-12-4-2-5-13-38)75-55(32-42)39-14-6-3-7-15-39)34-61(52(60)36-74)77-57-19-11-9-17-49(57)51-30-41(21-27-59(51)77)47-25-23-45(63(68,69)70)35-53(47)64(71,72)73/h2-35H,1H3. The van der Waals surface area contributed by atoms with Gasteiger partial charge in [0.05, 0.1) is 61.5 Å². The molecule has 12 rings (SSSR count). The van der Waals surface area contributed by atoms with E-state index in [1.807, 2.05) is 143 Å². The van der Waals surface area contributed by atoms with Crippen LogP contribution in [0.1, 0.15) is 27.8 Å². The summed E-state index contributed by atoms with van der Waals surface area (Å²) < 4.78 is 131. The Morgan fingerprint density at radius 2 is 0.805 bits per heavy atom. The van der Waals surface area contributed by atoms with Crippen LogP contribution in [0.3, 0.4) is 0 Å². The second kappa shape index (κ2) is 18.2. The molecule has 3 heterocycles. The molecule has 0 saturated carbocycles. The Morgan fingerprint density at radius 3 is 1.27 bits per heavy atom. The van der Waals surface area contributed by atoms with Crippen LogP contribution < -0.4 is 0 Å². The quantitative estimate of drug-likeness (QED) is 0.149. The number of rotatable bonds is 7. The Hall–Kier alpha value is -9.41. The lowest BCUT2D eigenvalue weighted by Gasteiger charge is -2.19. The van der Waals surface area contributed by atoms with Gasteiger partial charge in [0.2, 0.25) is 0 Å². The lowest BCUT2D eigenvalue weighted by Crippen LogP contribution is -2.12. The van der Waals surface area contributed by atoms with Crippen LogP contribution >= 0.6 is 0 Å². The van der Waals surface area contributed by atoms with E-state index in [2.05, 4.69) is 6.07 Å². The maximum atomic E-state index is 14.7. The maximum absolute atomic E-state index is 14.7. The molecule has 4 nitrogen and oxygen atoms in total. The summed E-state index contributed by atoms with van der Waals surface area (Å²) in [5.41, 5.74) is 5.73. The van der Waals surface area contributed by atoms with E-state index in [4.69, 9.17) is 4.98 Å². The van der Waals surface area contributed by atoms with Crippen molar-refractivity contribution in [1.82, 2.24) is 14.1 Å². The molecule has 0 radical (unpaired) electrons. The molecule has 376 valence electrons. The first-order valence-corrected chi connectivity index (χ1v) is 24.2. The molecular weight excluding hydrogens is 996 g/mol. The molecule has 0 N–H and O–H groups in total. The number of fused-ring (bicyclic) bond motifs is 6. The molecule has 0 bridgehead atoms. The molecule has 0 amide bonds. The first kappa shape index (κ1) is 48.5. The molecule has 9 aromatic carbocycles. The molecule has 0 saturated heterocycles.